The van der Waals surface area contributed by atoms with Crippen LogP contribution < -0.4 is 0 Å². The van der Waals surface area contributed by atoms with Crippen LogP contribution in [0.1, 0.15) is 34.6 Å². The van der Waals surface area contributed by atoms with E-state index < -0.39 is 0 Å². The number of rotatable bonds is 2. The lowest BCUT2D eigenvalue weighted by Gasteiger charge is -2.07. The van der Waals surface area contributed by atoms with Gasteiger partial charge in [0.2, 0.25) is 0 Å². The van der Waals surface area contributed by atoms with Crippen molar-refractivity contribution >= 4 is 11.6 Å². The summed E-state index contributed by atoms with van der Waals surface area (Å²) in [7, 11) is 0. The summed E-state index contributed by atoms with van der Waals surface area (Å²) in [6, 6.07) is 6.76. The number of aromatic amines is 2. The molecule has 1 aromatic carbocycles. The fraction of sp³-hybridized carbons (Fsp3) is 0.222. The molecule has 4 nitrogen and oxygen atoms in total. The summed E-state index contributed by atoms with van der Waals surface area (Å²) in [6.45, 7) is 4.12. The van der Waals surface area contributed by atoms with Gasteiger partial charge in [0.1, 0.15) is 0 Å². The Morgan fingerprint density at radius 2 is 2.09 bits per heavy atom. The SMILES string of the molecule is Cc1n[nH]c(C)c1-c1ccc2c(c1)/C(=C/c1c[nH]cn1)CC2. The number of imidazole rings is 1. The summed E-state index contributed by atoms with van der Waals surface area (Å²) in [5.41, 5.74) is 9.74. The molecule has 0 saturated heterocycles. The first-order valence-corrected chi connectivity index (χ1v) is 7.57. The van der Waals surface area contributed by atoms with E-state index in [1.807, 2.05) is 13.1 Å². The number of nitrogens with one attached hydrogen (secondary N) is 2. The monoisotopic (exact) mass is 290 g/mol. The second kappa shape index (κ2) is 4.98. The third kappa shape index (κ3) is 2.08. The number of hydrogen-bond donors (Lipinski definition) is 2. The molecule has 0 spiro atoms. The van der Waals surface area contributed by atoms with Crippen molar-refractivity contribution < 1.29 is 0 Å². The molecular weight excluding hydrogens is 272 g/mol. The summed E-state index contributed by atoms with van der Waals surface area (Å²) in [4.78, 5) is 7.31. The standard InChI is InChI=1S/C18H18N4/c1-11-18(12(2)22-21-11)15-6-4-13-3-5-14(17(13)8-15)7-16-9-19-10-20-16/h4,6-10H,3,5H2,1-2H3,(H,19,20)(H,21,22)/b14-7+. The molecule has 4 rings (SSSR count). The lowest BCUT2D eigenvalue weighted by molar-refractivity contribution is 1.02. The first-order valence-electron chi connectivity index (χ1n) is 7.57. The second-order valence-electron chi connectivity index (χ2n) is 5.84. The van der Waals surface area contributed by atoms with Crippen LogP contribution in [-0.2, 0) is 6.42 Å². The van der Waals surface area contributed by atoms with E-state index in [1.54, 1.807) is 6.33 Å². The van der Waals surface area contributed by atoms with E-state index in [0.717, 1.165) is 29.9 Å². The molecule has 0 bridgehead atoms. The molecule has 0 fully saturated rings. The van der Waals surface area contributed by atoms with Crippen molar-refractivity contribution in [3.8, 4) is 11.1 Å². The van der Waals surface area contributed by atoms with Crippen LogP contribution in [0.2, 0.25) is 0 Å². The predicted molar refractivity (Wildman–Crippen MR) is 88.3 cm³/mol. The highest BCUT2D eigenvalue weighted by atomic mass is 15.1. The molecule has 0 saturated carbocycles. The van der Waals surface area contributed by atoms with Crippen molar-refractivity contribution in [2.45, 2.75) is 26.7 Å². The zero-order chi connectivity index (χ0) is 15.1. The number of aromatic nitrogens is 4. The Morgan fingerprint density at radius 1 is 1.18 bits per heavy atom. The number of nitrogens with zero attached hydrogens (tertiary/aromatic N) is 2. The maximum absolute atomic E-state index is 4.31. The van der Waals surface area contributed by atoms with E-state index in [9.17, 15) is 0 Å². The van der Waals surface area contributed by atoms with Crippen molar-refractivity contribution in [1.29, 1.82) is 0 Å². The number of fused-ring (bicyclic) bond motifs is 1. The molecule has 0 amide bonds. The van der Waals surface area contributed by atoms with E-state index >= 15 is 0 Å². The summed E-state index contributed by atoms with van der Waals surface area (Å²) < 4.78 is 0. The van der Waals surface area contributed by atoms with Gasteiger partial charge in [0.15, 0.2) is 0 Å². The number of aryl methyl sites for hydroxylation is 3. The van der Waals surface area contributed by atoms with Gasteiger partial charge < -0.3 is 4.98 Å². The maximum Gasteiger partial charge on any atom is 0.0927 e. The van der Waals surface area contributed by atoms with Crippen LogP contribution in [-0.4, -0.2) is 20.2 Å². The average molecular weight is 290 g/mol. The van der Waals surface area contributed by atoms with Gasteiger partial charge in [-0.1, -0.05) is 12.1 Å². The molecule has 110 valence electrons. The highest BCUT2D eigenvalue weighted by Crippen LogP contribution is 2.37. The van der Waals surface area contributed by atoms with Gasteiger partial charge >= 0.3 is 0 Å². The largest absolute Gasteiger partial charge is 0.351 e. The Balaban J connectivity index is 1.81. The first kappa shape index (κ1) is 13.1. The Kier molecular flexibility index (Phi) is 2.96. The van der Waals surface area contributed by atoms with Crippen LogP contribution in [0.15, 0.2) is 30.7 Å². The quantitative estimate of drug-likeness (QED) is 0.752. The van der Waals surface area contributed by atoms with E-state index in [4.69, 9.17) is 0 Å². The minimum absolute atomic E-state index is 0.990. The van der Waals surface area contributed by atoms with Gasteiger partial charge in [-0.2, -0.15) is 5.10 Å². The molecule has 0 radical (unpaired) electrons. The van der Waals surface area contributed by atoms with Gasteiger partial charge in [0.05, 0.1) is 17.7 Å². The molecule has 2 heterocycles. The molecule has 4 heteroatoms. The molecule has 0 aliphatic heterocycles. The number of benzene rings is 1. The Bertz CT molecular complexity index is 834. The predicted octanol–water partition coefficient (Wildman–Crippen LogP) is 3.90. The minimum Gasteiger partial charge on any atom is -0.351 e. The summed E-state index contributed by atoms with van der Waals surface area (Å²) in [5.74, 6) is 0. The molecule has 3 aromatic rings. The fourth-order valence-electron chi connectivity index (χ4n) is 3.31. The fourth-order valence-corrected chi connectivity index (χ4v) is 3.31. The number of allylic oxidation sites excluding steroid dienone is 1. The van der Waals surface area contributed by atoms with Crippen molar-refractivity contribution in [1.82, 2.24) is 20.2 Å². The zero-order valence-electron chi connectivity index (χ0n) is 12.8. The smallest absolute Gasteiger partial charge is 0.0927 e. The van der Waals surface area contributed by atoms with Crippen LogP contribution in [0.4, 0.5) is 0 Å². The third-order valence-corrected chi connectivity index (χ3v) is 4.38. The first-order chi connectivity index (χ1) is 10.7. The van der Waals surface area contributed by atoms with Crippen LogP contribution in [0, 0.1) is 13.8 Å². The highest BCUT2D eigenvalue weighted by molar-refractivity contribution is 5.86. The molecular formula is C18H18N4. The normalized spacial score (nSPS) is 15.5. The van der Waals surface area contributed by atoms with Crippen molar-refractivity contribution in [3.63, 3.8) is 0 Å². The Labute approximate surface area is 129 Å². The summed E-state index contributed by atoms with van der Waals surface area (Å²) in [5, 5.41) is 7.38. The van der Waals surface area contributed by atoms with Crippen LogP contribution in [0.5, 0.6) is 0 Å². The number of hydrogen-bond acceptors (Lipinski definition) is 2. The van der Waals surface area contributed by atoms with Gasteiger partial charge in [0, 0.05) is 17.5 Å². The molecule has 0 unspecified atom stereocenters. The molecule has 1 aliphatic carbocycles. The molecule has 22 heavy (non-hydrogen) atoms. The Morgan fingerprint density at radius 3 is 2.82 bits per heavy atom. The highest BCUT2D eigenvalue weighted by Gasteiger charge is 2.18. The topological polar surface area (TPSA) is 57.4 Å². The molecule has 1 aliphatic rings. The van der Waals surface area contributed by atoms with E-state index in [-0.39, 0.29) is 0 Å². The molecule has 2 N–H and O–H groups in total. The van der Waals surface area contributed by atoms with Gasteiger partial charge in [-0.05, 0) is 61.1 Å². The Hall–Kier alpha value is -2.62. The van der Waals surface area contributed by atoms with Crippen LogP contribution >= 0.6 is 0 Å². The van der Waals surface area contributed by atoms with Crippen molar-refractivity contribution in [3.05, 3.63) is 58.9 Å². The van der Waals surface area contributed by atoms with Crippen LogP contribution in [0.3, 0.4) is 0 Å². The third-order valence-electron chi connectivity index (χ3n) is 4.38. The average Bonchev–Trinajstić information content (AvgIpc) is 3.22. The van der Waals surface area contributed by atoms with E-state index in [1.165, 1.54) is 27.8 Å². The summed E-state index contributed by atoms with van der Waals surface area (Å²) >= 11 is 0. The van der Waals surface area contributed by atoms with Gasteiger partial charge in [-0.15, -0.1) is 0 Å². The van der Waals surface area contributed by atoms with Gasteiger partial charge in [-0.3, -0.25) is 5.10 Å². The second-order valence-corrected chi connectivity index (χ2v) is 5.84. The lowest BCUT2D eigenvalue weighted by Crippen LogP contribution is -1.87. The lowest BCUT2D eigenvalue weighted by atomic mass is 9.97. The van der Waals surface area contributed by atoms with E-state index in [0.29, 0.717) is 0 Å². The van der Waals surface area contributed by atoms with Crippen molar-refractivity contribution in [2.75, 3.05) is 0 Å². The van der Waals surface area contributed by atoms with Crippen LogP contribution in [0.25, 0.3) is 22.8 Å². The minimum atomic E-state index is 0.990. The number of H-pyrrole nitrogens is 2. The zero-order valence-corrected chi connectivity index (χ0v) is 12.8. The van der Waals surface area contributed by atoms with Crippen molar-refractivity contribution in [2.24, 2.45) is 0 Å². The molecule has 2 aromatic heterocycles. The summed E-state index contributed by atoms with van der Waals surface area (Å²) in [6.07, 6.45) is 8.02. The van der Waals surface area contributed by atoms with E-state index in [2.05, 4.69) is 51.4 Å². The van der Waals surface area contributed by atoms with Gasteiger partial charge in [-0.25, -0.2) is 4.98 Å². The maximum atomic E-state index is 4.31. The molecule has 0 atom stereocenters. The van der Waals surface area contributed by atoms with Gasteiger partial charge in [0.25, 0.3) is 0 Å².